The van der Waals surface area contributed by atoms with E-state index in [1.54, 1.807) is 13.2 Å². The van der Waals surface area contributed by atoms with Gasteiger partial charge in [-0.2, -0.15) is 0 Å². The number of benzene rings is 1. The molecule has 1 aromatic carbocycles. The van der Waals surface area contributed by atoms with Crippen molar-refractivity contribution in [2.75, 3.05) is 20.3 Å². The SMILES string of the molecule is COCCOC(c1cccc(F)c1)C(C)N. The third-order valence-electron chi connectivity index (χ3n) is 2.24. The van der Waals surface area contributed by atoms with Crippen molar-refractivity contribution in [1.29, 1.82) is 0 Å². The summed E-state index contributed by atoms with van der Waals surface area (Å²) in [5.74, 6) is -0.279. The lowest BCUT2D eigenvalue weighted by atomic mass is 10.0. The molecule has 0 aromatic heterocycles. The topological polar surface area (TPSA) is 44.5 Å². The van der Waals surface area contributed by atoms with Crippen LogP contribution in [0.25, 0.3) is 0 Å². The summed E-state index contributed by atoms with van der Waals surface area (Å²) >= 11 is 0. The lowest BCUT2D eigenvalue weighted by Crippen LogP contribution is -2.28. The van der Waals surface area contributed by atoms with Crippen LogP contribution in [0, 0.1) is 5.82 Å². The highest BCUT2D eigenvalue weighted by Gasteiger charge is 2.17. The van der Waals surface area contributed by atoms with Gasteiger partial charge in [-0.05, 0) is 24.6 Å². The largest absolute Gasteiger partial charge is 0.382 e. The molecule has 1 aromatic rings. The first-order chi connectivity index (χ1) is 7.65. The van der Waals surface area contributed by atoms with Gasteiger partial charge in [0.2, 0.25) is 0 Å². The summed E-state index contributed by atoms with van der Waals surface area (Å²) in [5, 5.41) is 0. The summed E-state index contributed by atoms with van der Waals surface area (Å²) in [4.78, 5) is 0. The first-order valence-corrected chi connectivity index (χ1v) is 5.26. The Hall–Kier alpha value is -0.970. The quantitative estimate of drug-likeness (QED) is 0.755. The molecule has 0 aliphatic carbocycles. The van der Waals surface area contributed by atoms with Gasteiger partial charge < -0.3 is 15.2 Å². The van der Waals surface area contributed by atoms with E-state index in [-0.39, 0.29) is 18.0 Å². The summed E-state index contributed by atoms with van der Waals surface area (Å²) in [6.07, 6.45) is -0.300. The number of methoxy groups -OCH3 is 1. The van der Waals surface area contributed by atoms with E-state index in [9.17, 15) is 4.39 Å². The molecule has 0 fully saturated rings. The monoisotopic (exact) mass is 227 g/mol. The predicted molar refractivity (Wildman–Crippen MR) is 60.6 cm³/mol. The first kappa shape index (κ1) is 13.1. The molecule has 2 unspecified atom stereocenters. The molecule has 0 saturated carbocycles. The zero-order valence-corrected chi connectivity index (χ0v) is 9.65. The summed E-state index contributed by atoms with van der Waals surface area (Å²) in [6, 6.07) is 6.11. The number of ether oxygens (including phenoxy) is 2. The van der Waals surface area contributed by atoms with Gasteiger partial charge in [0.1, 0.15) is 5.82 Å². The van der Waals surface area contributed by atoms with Gasteiger partial charge in [-0.3, -0.25) is 0 Å². The molecule has 3 nitrogen and oxygen atoms in total. The fraction of sp³-hybridized carbons (Fsp3) is 0.500. The molecule has 4 heteroatoms. The average molecular weight is 227 g/mol. The maximum atomic E-state index is 13.1. The van der Waals surface area contributed by atoms with Crippen molar-refractivity contribution in [1.82, 2.24) is 0 Å². The van der Waals surface area contributed by atoms with E-state index in [0.29, 0.717) is 13.2 Å². The van der Waals surface area contributed by atoms with Gasteiger partial charge in [0, 0.05) is 13.2 Å². The zero-order valence-electron chi connectivity index (χ0n) is 9.65. The molecule has 0 heterocycles. The van der Waals surface area contributed by atoms with Crippen LogP contribution in [0.2, 0.25) is 0 Å². The molecule has 0 amide bonds. The third-order valence-corrected chi connectivity index (χ3v) is 2.24. The Kier molecular flexibility index (Phi) is 5.38. The summed E-state index contributed by atoms with van der Waals surface area (Å²) in [5.41, 5.74) is 6.57. The molecule has 0 aliphatic heterocycles. The van der Waals surface area contributed by atoms with Crippen molar-refractivity contribution >= 4 is 0 Å². The predicted octanol–water partition coefficient (Wildman–Crippen LogP) is 1.88. The fourth-order valence-electron chi connectivity index (χ4n) is 1.49. The molecule has 2 N–H and O–H groups in total. The molecule has 0 radical (unpaired) electrons. The minimum absolute atomic E-state index is 0.196. The van der Waals surface area contributed by atoms with Crippen molar-refractivity contribution in [3.63, 3.8) is 0 Å². The smallest absolute Gasteiger partial charge is 0.123 e. The summed E-state index contributed by atoms with van der Waals surface area (Å²) in [7, 11) is 1.60. The van der Waals surface area contributed by atoms with Gasteiger partial charge in [-0.25, -0.2) is 4.39 Å². The maximum absolute atomic E-state index is 13.1. The van der Waals surface area contributed by atoms with Crippen LogP contribution in [-0.4, -0.2) is 26.4 Å². The van der Waals surface area contributed by atoms with E-state index < -0.39 is 0 Å². The van der Waals surface area contributed by atoms with Crippen LogP contribution in [0.15, 0.2) is 24.3 Å². The zero-order chi connectivity index (χ0) is 12.0. The van der Waals surface area contributed by atoms with Crippen LogP contribution < -0.4 is 5.73 Å². The molecule has 0 aliphatic rings. The molecular weight excluding hydrogens is 209 g/mol. The number of hydrogen-bond acceptors (Lipinski definition) is 3. The van der Waals surface area contributed by atoms with Gasteiger partial charge in [-0.1, -0.05) is 12.1 Å². The van der Waals surface area contributed by atoms with Gasteiger partial charge in [-0.15, -0.1) is 0 Å². The number of nitrogens with two attached hydrogens (primary N) is 1. The molecule has 1 rings (SSSR count). The van der Waals surface area contributed by atoms with Crippen molar-refractivity contribution in [2.24, 2.45) is 5.73 Å². The number of hydrogen-bond donors (Lipinski definition) is 1. The normalized spacial score (nSPS) is 14.8. The Morgan fingerprint density at radius 2 is 2.12 bits per heavy atom. The second-order valence-electron chi connectivity index (χ2n) is 3.70. The Labute approximate surface area is 95.4 Å². The van der Waals surface area contributed by atoms with E-state index in [0.717, 1.165) is 5.56 Å². The number of rotatable bonds is 6. The van der Waals surface area contributed by atoms with Crippen LogP contribution in [0.4, 0.5) is 4.39 Å². The van der Waals surface area contributed by atoms with Crippen molar-refractivity contribution in [2.45, 2.75) is 19.1 Å². The fourth-order valence-corrected chi connectivity index (χ4v) is 1.49. The lowest BCUT2D eigenvalue weighted by Gasteiger charge is -2.21. The summed E-state index contributed by atoms with van der Waals surface area (Å²) < 4.78 is 23.5. The average Bonchev–Trinajstić information content (AvgIpc) is 2.24. The summed E-state index contributed by atoms with van der Waals surface area (Å²) in [6.45, 7) is 2.78. The van der Waals surface area contributed by atoms with Gasteiger partial charge in [0.15, 0.2) is 0 Å². The van der Waals surface area contributed by atoms with Crippen LogP contribution in [0.3, 0.4) is 0 Å². The molecular formula is C12H18FNO2. The molecule has 0 bridgehead atoms. The molecule has 2 atom stereocenters. The van der Waals surface area contributed by atoms with Crippen LogP contribution >= 0.6 is 0 Å². The van der Waals surface area contributed by atoms with E-state index in [1.165, 1.54) is 12.1 Å². The molecule has 90 valence electrons. The Morgan fingerprint density at radius 1 is 1.38 bits per heavy atom. The Morgan fingerprint density at radius 3 is 2.69 bits per heavy atom. The third kappa shape index (κ3) is 3.89. The van der Waals surface area contributed by atoms with Crippen molar-refractivity contribution < 1.29 is 13.9 Å². The minimum Gasteiger partial charge on any atom is -0.382 e. The first-order valence-electron chi connectivity index (χ1n) is 5.26. The standard InChI is InChI=1S/C12H18FNO2/c1-9(14)12(16-7-6-15-2)10-4-3-5-11(13)8-10/h3-5,8-9,12H,6-7,14H2,1-2H3. The van der Waals surface area contributed by atoms with Crippen LogP contribution in [-0.2, 0) is 9.47 Å². The van der Waals surface area contributed by atoms with Crippen LogP contribution in [0.1, 0.15) is 18.6 Å². The van der Waals surface area contributed by atoms with Crippen LogP contribution in [0.5, 0.6) is 0 Å². The van der Waals surface area contributed by atoms with Gasteiger partial charge in [0.25, 0.3) is 0 Å². The Balaban J connectivity index is 2.69. The van der Waals surface area contributed by atoms with E-state index in [4.69, 9.17) is 15.2 Å². The van der Waals surface area contributed by atoms with E-state index in [2.05, 4.69) is 0 Å². The van der Waals surface area contributed by atoms with Gasteiger partial charge >= 0.3 is 0 Å². The minimum atomic E-state index is -0.300. The maximum Gasteiger partial charge on any atom is 0.123 e. The second kappa shape index (κ2) is 6.58. The van der Waals surface area contributed by atoms with E-state index >= 15 is 0 Å². The highest BCUT2D eigenvalue weighted by atomic mass is 19.1. The lowest BCUT2D eigenvalue weighted by molar-refractivity contribution is 0.00605. The molecule has 0 saturated heterocycles. The highest BCUT2D eigenvalue weighted by Crippen LogP contribution is 2.20. The molecule has 16 heavy (non-hydrogen) atoms. The highest BCUT2D eigenvalue weighted by molar-refractivity contribution is 5.20. The van der Waals surface area contributed by atoms with Crippen molar-refractivity contribution in [3.8, 4) is 0 Å². The van der Waals surface area contributed by atoms with Gasteiger partial charge in [0.05, 0.1) is 19.3 Å². The second-order valence-corrected chi connectivity index (χ2v) is 3.70. The number of halogens is 1. The van der Waals surface area contributed by atoms with E-state index in [1.807, 2.05) is 13.0 Å². The Bertz CT molecular complexity index is 318. The van der Waals surface area contributed by atoms with Crippen molar-refractivity contribution in [3.05, 3.63) is 35.6 Å². The molecule has 0 spiro atoms.